The van der Waals surface area contributed by atoms with Crippen molar-refractivity contribution in [3.63, 3.8) is 0 Å². The van der Waals surface area contributed by atoms with Gasteiger partial charge in [-0.15, -0.1) is 0 Å². The summed E-state index contributed by atoms with van der Waals surface area (Å²) < 4.78 is 10.5. The SMILES string of the molecule is O=C(NCCCOCc1ccco1)c1cc(Cl)c[nH]1. The van der Waals surface area contributed by atoms with E-state index in [1.807, 2.05) is 12.1 Å². The van der Waals surface area contributed by atoms with Gasteiger partial charge in [0.15, 0.2) is 0 Å². The number of nitrogens with one attached hydrogen (secondary N) is 2. The first-order chi connectivity index (χ1) is 9.25. The third kappa shape index (κ3) is 4.46. The Morgan fingerprint density at radius 1 is 1.53 bits per heavy atom. The van der Waals surface area contributed by atoms with Crippen LogP contribution in [0.2, 0.25) is 5.02 Å². The lowest BCUT2D eigenvalue weighted by atomic mass is 10.4. The van der Waals surface area contributed by atoms with Crippen LogP contribution >= 0.6 is 11.6 Å². The molecule has 1 amide bonds. The number of carbonyl (C=O) groups excluding carboxylic acids is 1. The number of amides is 1. The molecule has 0 aliphatic heterocycles. The molecule has 0 saturated heterocycles. The molecule has 0 atom stereocenters. The number of aromatic amines is 1. The van der Waals surface area contributed by atoms with Crippen molar-refractivity contribution in [2.24, 2.45) is 0 Å². The molecule has 2 aromatic rings. The molecule has 2 N–H and O–H groups in total. The van der Waals surface area contributed by atoms with Gasteiger partial charge in [-0.3, -0.25) is 4.79 Å². The summed E-state index contributed by atoms with van der Waals surface area (Å²) in [6.07, 6.45) is 3.92. The second-order valence-corrected chi connectivity index (χ2v) is 4.41. The highest BCUT2D eigenvalue weighted by Gasteiger charge is 2.06. The molecule has 2 aromatic heterocycles. The van der Waals surface area contributed by atoms with Gasteiger partial charge in [-0.1, -0.05) is 11.6 Å². The van der Waals surface area contributed by atoms with Crippen LogP contribution in [0.4, 0.5) is 0 Å². The van der Waals surface area contributed by atoms with E-state index < -0.39 is 0 Å². The fourth-order valence-corrected chi connectivity index (χ4v) is 1.70. The lowest BCUT2D eigenvalue weighted by molar-refractivity contribution is 0.0913. The predicted octanol–water partition coefficient (Wildman–Crippen LogP) is 2.60. The Labute approximate surface area is 115 Å². The van der Waals surface area contributed by atoms with E-state index in [4.69, 9.17) is 20.8 Å². The standard InChI is InChI=1S/C13H15ClN2O3/c14-10-7-12(16-8-10)13(17)15-4-2-5-18-9-11-3-1-6-19-11/h1,3,6-8,16H,2,4-5,9H2,(H,15,17). The van der Waals surface area contributed by atoms with E-state index >= 15 is 0 Å². The fraction of sp³-hybridized carbons (Fsp3) is 0.308. The first kappa shape index (κ1) is 13.7. The monoisotopic (exact) mass is 282 g/mol. The predicted molar refractivity (Wildman–Crippen MR) is 71.1 cm³/mol. The van der Waals surface area contributed by atoms with Crippen molar-refractivity contribution in [1.29, 1.82) is 0 Å². The molecular weight excluding hydrogens is 268 g/mol. The molecule has 0 bridgehead atoms. The summed E-state index contributed by atoms with van der Waals surface area (Å²) in [6, 6.07) is 5.27. The van der Waals surface area contributed by atoms with Crippen LogP contribution < -0.4 is 5.32 Å². The minimum Gasteiger partial charge on any atom is -0.467 e. The Hall–Kier alpha value is -1.72. The molecule has 0 aliphatic rings. The third-order valence-electron chi connectivity index (χ3n) is 2.47. The smallest absolute Gasteiger partial charge is 0.267 e. The second-order valence-electron chi connectivity index (χ2n) is 3.97. The van der Waals surface area contributed by atoms with Crippen molar-refractivity contribution >= 4 is 17.5 Å². The fourth-order valence-electron chi connectivity index (χ4n) is 1.54. The van der Waals surface area contributed by atoms with Crippen LogP contribution in [0.3, 0.4) is 0 Å². The van der Waals surface area contributed by atoms with Crippen molar-refractivity contribution in [1.82, 2.24) is 10.3 Å². The van der Waals surface area contributed by atoms with Gasteiger partial charge in [-0.2, -0.15) is 0 Å². The van der Waals surface area contributed by atoms with E-state index in [1.165, 1.54) is 0 Å². The number of hydrogen-bond acceptors (Lipinski definition) is 3. The zero-order valence-electron chi connectivity index (χ0n) is 10.3. The largest absolute Gasteiger partial charge is 0.467 e. The summed E-state index contributed by atoms with van der Waals surface area (Å²) in [5.74, 6) is 0.628. The zero-order valence-corrected chi connectivity index (χ0v) is 11.1. The van der Waals surface area contributed by atoms with Gasteiger partial charge in [0.05, 0.1) is 11.3 Å². The Balaban J connectivity index is 1.55. The molecule has 102 valence electrons. The normalized spacial score (nSPS) is 10.6. The van der Waals surface area contributed by atoms with E-state index in [9.17, 15) is 4.79 Å². The highest BCUT2D eigenvalue weighted by Crippen LogP contribution is 2.09. The van der Waals surface area contributed by atoms with Gasteiger partial charge in [-0.25, -0.2) is 0 Å². The number of aromatic nitrogens is 1. The van der Waals surface area contributed by atoms with Crippen molar-refractivity contribution < 1.29 is 13.9 Å². The van der Waals surface area contributed by atoms with Crippen LogP contribution in [0.5, 0.6) is 0 Å². The van der Waals surface area contributed by atoms with Gasteiger partial charge in [-0.05, 0) is 24.6 Å². The molecule has 0 unspecified atom stereocenters. The number of carbonyl (C=O) groups is 1. The maximum atomic E-state index is 11.6. The quantitative estimate of drug-likeness (QED) is 0.767. The minimum absolute atomic E-state index is 0.169. The molecule has 2 rings (SSSR count). The van der Waals surface area contributed by atoms with E-state index in [2.05, 4.69) is 10.3 Å². The van der Waals surface area contributed by atoms with Crippen LogP contribution in [-0.4, -0.2) is 24.0 Å². The van der Waals surface area contributed by atoms with E-state index in [0.717, 1.165) is 12.2 Å². The van der Waals surface area contributed by atoms with Crippen LogP contribution in [0.15, 0.2) is 35.1 Å². The molecule has 19 heavy (non-hydrogen) atoms. The van der Waals surface area contributed by atoms with Crippen LogP contribution in [0.1, 0.15) is 22.7 Å². The molecule has 0 aliphatic carbocycles. The molecule has 6 heteroatoms. The summed E-state index contributed by atoms with van der Waals surface area (Å²) >= 11 is 5.72. The number of furan rings is 1. The molecule has 0 saturated carbocycles. The minimum atomic E-state index is -0.169. The van der Waals surface area contributed by atoms with Gasteiger partial charge < -0.3 is 19.5 Å². The highest BCUT2D eigenvalue weighted by molar-refractivity contribution is 6.30. The Bertz CT molecular complexity index is 508. The number of hydrogen-bond donors (Lipinski definition) is 2. The van der Waals surface area contributed by atoms with Crippen molar-refractivity contribution in [2.75, 3.05) is 13.2 Å². The Kier molecular flexibility index (Phi) is 5.06. The average molecular weight is 283 g/mol. The highest BCUT2D eigenvalue weighted by atomic mass is 35.5. The summed E-state index contributed by atoms with van der Waals surface area (Å²) in [7, 11) is 0. The lowest BCUT2D eigenvalue weighted by Crippen LogP contribution is -2.25. The average Bonchev–Trinajstić information content (AvgIpc) is 3.04. The first-order valence-electron chi connectivity index (χ1n) is 5.98. The van der Waals surface area contributed by atoms with Crippen LogP contribution in [0, 0.1) is 0 Å². The molecular formula is C13H15ClN2O3. The molecule has 2 heterocycles. The van der Waals surface area contributed by atoms with E-state index in [-0.39, 0.29) is 5.91 Å². The topological polar surface area (TPSA) is 67.3 Å². The van der Waals surface area contributed by atoms with Crippen molar-refractivity contribution in [2.45, 2.75) is 13.0 Å². The van der Waals surface area contributed by atoms with Gasteiger partial charge in [0.25, 0.3) is 5.91 Å². The van der Waals surface area contributed by atoms with Gasteiger partial charge in [0.1, 0.15) is 18.1 Å². The maximum Gasteiger partial charge on any atom is 0.267 e. The number of halogens is 1. The molecule has 0 fully saturated rings. The zero-order chi connectivity index (χ0) is 13.5. The Morgan fingerprint density at radius 2 is 2.42 bits per heavy atom. The number of ether oxygens (including phenoxy) is 1. The first-order valence-corrected chi connectivity index (χ1v) is 6.36. The third-order valence-corrected chi connectivity index (χ3v) is 2.69. The summed E-state index contributed by atoms with van der Waals surface area (Å²) in [5, 5.41) is 3.29. The van der Waals surface area contributed by atoms with E-state index in [0.29, 0.717) is 30.5 Å². The van der Waals surface area contributed by atoms with Gasteiger partial charge in [0, 0.05) is 19.3 Å². The summed E-state index contributed by atoms with van der Waals surface area (Å²) in [5.41, 5.74) is 0.460. The molecule has 5 nitrogen and oxygen atoms in total. The molecule has 0 spiro atoms. The Morgan fingerprint density at radius 3 is 3.11 bits per heavy atom. The lowest BCUT2D eigenvalue weighted by Gasteiger charge is -2.04. The number of H-pyrrole nitrogens is 1. The van der Waals surface area contributed by atoms with Crippen molar-refractivity contribution in [3.8, 4) is 0 Å². The van der Waals surface area contributed by atoms with Gasteiger partial charge >= 0.3 is 0 Å². The van der Waals surface area contributed by atoms with Crippen LogP contribution in [0.25, 0.3) is 0 Å². The summed E-state index contributed by atoms with van der Waals surface area (Å²) in [4.78, 5) is 14.4. The molecule has 0 aromatic carbocycles. The van der Waals surface area contributed by atoms with Gasteiger partial charge in [0.2, 0.25) is 0 Å². The number of rotatable bonds is 7. The van der Waals surface area contributed by atoms with E-state index in [1.54, 1.807) is 18.5 Å². The maximum absolute atomic E-state index is 11.6. The molecule has 0 radical (unpaired) electrons. The second kappa shape index (κ2) is 7.01. The van der Waals surface area contributed by atoms with Crippen molar-refractivity contribution in [3.05, 3.63) is 47.1 Å². The van der Waals surface area contributed by atoms with Crippen LogP contribution in [-0.2, 0) is 11.3 Å². The summed E-state index contributed by atoms with van der Waals surface area (Å²) in [6.45, 7) is 1.56.